The summed E-state index contributed by atoms with van der Waals surface area (Å²) in [5, 5.41) is 2.52. The van der Waals surface area contributed by atoms with E-state index in [1.807, 2.05) is 0 Å². The van der Waals surface area contributed by atoms with Gasteiger partial charge in [0.2, 0.25) is 0 Å². The molecule has 0 atom stereocenters. The molecule has 0 amide bonds. The van der Waals surface area contributed by atoms with Gasteiger partial charge in [0.15, 0.2) is 0 Å². The molecule has 0 spiro atoms. The van der Waals surface area contributed by atoms with Crippen LogP contribution in [0.15, 0.2) is 66.7 Å². The Morgan fingerprint density at radius 1 is 0.750 bits per heavy atom. The Labute approximate surface area is 146 Å². The summed E-state index contributed by atoms with van der Waals surface area (Å²) in [6.07, 6.45) is 0. The minimum atomic E-state index is -1.93. The summed E-state index contributed by atoms with van der Waals surface area (Å²) in [5.74, 6) is 4.95. The average molecular weight is 377 g/mol. The Balaban J connectivity index is 2.25. The molecule has 0 nitrogen and oxygen atoms in total. The Kier molecular flexibility index (Phi) is 3.53. The fourth-order valence-corrected chi connectivity index (χ4v) is 9.05. The van der Waals surface area contributed by atoms with Crippen molar-refractivity contribution in [2.24, 2.45) is 0 Å². The molecule has 0 saturated heterocycles. The summed E-state index contributed by atoms with van der Waals surface area (Å²) < 4.78 is 3.07. The van der Waals surface area contributed by atoms with E-state index in [2.05, 4.69) is 91.9 Å². The van der Waals surface area contributed by atoms with E-state index in [0.717, 1.165) is 5.22 Å². The summed E-state index contributed by atoms with van der Waals surface area (Å²) in [7, 11) is 0. The predicted octanol–water partition coefficient (Wildman–Crippen LogP) is 2.79. The second kappa shape index (κ2) is 5.48. The van der Waals surface area contributed by atoms with Crippen LogP contribution in [0, 0.1) is 6.92 Å². The van der Waals surface area contributed by atoms with E-state index in [1.165, 1.54) is 31.9 Å². The van der Waals surface area contributed by atoms with Crippen LogP contribution in [-0.4, -0.2) is 12.8 Å². The topological polar surface area (TPSA) is 0 Å². The quantitative estimate of drug-likeness (QED) is 0.572. The fraction of sp³-hybridized carbons (Fsp3) is 0.130. The molecule has 120 valence electrons. The van der Waals surface area contributed by atoms with Gasteiger partial charge in [-0.15, -0.1) is 0 Å². The van der Waals surface area contributed by atoms with Crippen molar-refractivity contribution in [3.8, 4) is 0 Å². The first-order chi connectivity index (χ1) is 11.5. The zero-order valence-corrected chi connectivity index (χ0v) is 16.2. The first-order valence-electron chi connectivity index (χ1n) is 8.22. The van der Waals surface area contributed by atoms with Crippen LogP contribution in [0.2, 0.25) is 11.6 Å². The normalized spacial score (nSPS) is 16.2. The van der Waals surface area contributed by atoms with Gasteiger partial charge in [0, 0.05) is 0 Å². The zero-order chi connectivity index (χ0) is 16.9. The van der Waals surface area contributed by atoms with Crippen molar-refractivity contribution in [2.45, 2.75) is 18.6 Å². The Bertz CT molecular complexity index is 1060. The van der Waals surface area contributed by atoms with E-state index < -0.39 is 12.8 Å². The van der Waals surface area contributed by atoms with Gasteiger partial charge in [0.25, 0.3) is 0 Å². The van der Waals surface area contributed by atoms with E-state index in [0.29, 0.717) is 0 Å². The molecule has 0 aromatic heterocycles. The molecule has 3 aromatic rings. The summed E-state index contributed by atoms with van der Waals surface area (Å²) in [6, 6.07) is 24.5. The molecule has 0 radical (unpaired) electrons. The van der Waals surface area contributed by atoms with Crippen LogP contribution in [0.1, 0.15) is 16.7 Å². The Hall–Kier alpha value is -2.08. The van der Waals surface area contributed by atoms with Crippen molar-refractivity contribution in [1.29, 1.82) is 0 Å². The van der Waals surface area contributed by atoms with Crippen molar-refractivity contribution in [2.75, 3.05) is 0 Å². The molecule has 0 aliphatic carbocycles. The first-order valence-corrected chi connectivity index (χ1v) is 13.4. The molecule has 24 heavy (non-hydrogen) atoms. The van der Waals surface area contributed by atoms with Gasteiger partial charge >= 0.3 is 146 Å². The van der Waals surface area contributed by atoms with Gasteiger partial charge < -0.3 is 0 Å². The third-order valence-corrected chi connectivity index (χ3v) is 11.1. The molecule has 0 fully saturated rings. The van der Waals surface area contributed by atoms with Gasteiger partial charge in [-0.1, -0.05) is 0 Å². The number of fused-ring (bicyclic) bond motifs is 2. The van der Waals surface area contributed by atoms with Crippen LogP contribution >= 0.6 is 0 Å². The first kappa shape index (κ1) is 15.4. The van der Waals surface area contributed by atoms with Gasteiger partial charge in [0.1, 0.15) is 0 Å². The molecular formula is C23H22Se. The van der Waals surface area contributed by atoms with Crippen LogP contribution in [0.3, 0.4) is 0 Å². The number of rotatable bonds is 1. The second-order valence-electron chi connectivity index (χ2n) is 6.84. The number of aryl methyl sites for hydroxylation is 1. The Morgan fingerprint density at radius 2 is 1.42 bits per heavy atom. The number of hydrogen-bond donors (Lipinski definition) is 0. The van der Waals surface area contributed by atoms with Crippen molar-refractivity contribution >= 4 is 33.9 Å². The van der Waals surface area contributed by atoms with Crippen LogP contribution in [0.5, 0.6) is 0 Å². The van der Waals surface area contributed by atoms with E-state index in [-0.39, 0.29) is 0 Å². The molecule has 1 heteroatoms. The number of hydrogen-bond acceptors (Lipinski definition) is 0. The van der Waals surface area contributed by atoms with Gasteiger partial charge in [-0.25, -0.2) is 0 Å². The number of benzene rings is 3. The van der Waals surface area contributed by atoms with Crippen LogP contribution in [0.25, 0.3) is 12.2 Å². The van der Waals surface area contributed by atoms with Gasteiger partial charge in [0.05, 0.1) is 0 Å². The Morgan fingerprint density at radius 3 is 2.17 bits per heavy atom. The van der Waals surface area contributed by atoms with Crippen molar-refractivity contribution < 1.29 is 0 Å². The van der Waals surface area contributed by atoms with E-state index >= 15 is 0 Å². The molecule has 1 aliphatic rings. The van der Waals surface area contributed by atoms with Gasteiger partial charge in [-0.05, 0) is 0 Å². The molecule has 4 rings (SSSR count). The fourth-order valence-electron chi connectivity index (χ4n) is 3.72. The molecule has 1 aliphatic heterocycles. The molecule has 3 aromatic carbocycles. The van der Waals surface area contributed by atoms with E-state index in [4.69, 9.17) is 0 Å². The van der Waals surface area contributed by atoms with Crippen LogP contribution in [0.4, 0.5) is 0 Å². The molecule has 0 saturated carbocycles. The second-order valence-corrected chi connectivity index (χ2v) is 14.3. The molecular weight excluding hydrogens is 355 g/mol. The van der Waals surface area contributed by atoms with Crippen molar-refractivity contribution in [3.05, 3.63) is 93.9 Å². The SMILES string of the molecule is C=c1ccc2c(c1)[Se](C)(C)c1ccccc1C=2c1ccccc1C. The van der Waals surface area contributed by atoms with E-state index in [1.54, 1.807) is 4.46 Å². The third-order valence-electron chi connectivity index (χ3n) is 4.99. The summed E-state index contributed by atoms with van der Waals surface area (Å²) in [4.78, 5) is 0. The summed E-state index contributed by atoms with van der Waals surface area (Å²) >= 11 is -1.93. The van der Waals surface area contributed by atoms with Crippen LogP contribution < -0.4 is 19.4 Å². The molecule has 0 bridgehead atoms. The van der Waals surface area contributed by atoms with Gasteiger partial charge in [-0.2, -0.15) is 0 Å². The molecule has 0 N–H and O–H groups in total. The van der Waals surface area contributed by atoms with Crippen LogP contribution in [-0.2, 0) is 0 Å². The van der Waals surface area contributed by atoms with Crippen molar-refractivity contribution in [3.63, 3.8) is 0 Å². The minimum absolute atomic E-state index is 1.11. The maximum atomic E-state index is 4.18. The summed E-state index contributed by atoms with van der Waals surface area (Å²) in [5.41, 5.74) is 5.47. The monoisotopic (exact) mass is 378 g/mol. The molecule has 0 unspecified atom stereocenters. The zero-order valence-electron chi connectivity index (χ0n) is 14.5. The van der Waals surface area contributed by atoms with Gasteiger partial charge in [-0.3, -0.25) is 0 Å². The molecule has 1 heterocycles. The average Bonchev–Trinajstić information content (AvgIpc) is 2.57. The van der Waals surface area contributed by atoms with Crippen molar-refractivity contribution in [1.82, 2.24) is 0 Å². The maximum absolute atomic E-state index is 4.18. The van der Waals surface area contributed by atoms with E-state index in [9.17, 15) is 0 Å². The summed E-state index contributed by atoms with van der Waals surface area (Å²) in [6.45, 7) is 6.39. The predicted molar refractivity (Wildman–Crippen MR) is 107 cm³/mol. The standard InChI is InChI=1S/C23H22Se/c1-16-13-14-20-22(15-16)24(3,4)21-12-8-7-11-19(21)23(20)18-10-6-5-9-17(18)2/h5-15H,1H2,2-4H3. The third kappa shape index (κ3) is 2.20.